The number of aromatic nitrogens is 3. The molecule has 0 aliphatic rings. The second-order valence-corrected chi connectivity index (χ2v) is 9.28. The summed E-state index contributed by atoms with van der Waals surface area (Å²) in [6.07, 6.45) is 5.14. The molecule has 2 aromatic carbocycles. The van der Waals surface area contributed by atoms with Crippen molar-refractivity contribution in [2.24, 2.45) is 5.73 Å². The lowest BCUT2D eigenvalue weighted by atomic mass is 9.71. The van der Waals surface area contributed by atoms with Crippen LogP contribution in [0.1, 0.15) is 49.7 Å². The third-order valence-corrected chi connectivity index (χ3v) is 7.21. The molecular formula is C26H29Cl2N5. The van der Waals surface area contributed by atoms with Crippen LogP contribution in [0.2, 0.25) is 10.0 Å². The summed E-state index contributed by atoms with van der Waals surface area (Å²) in [7, 11) is 2.03. The maximum absolute atomic E-state index is 7.57. The van der Waals surface area contributed by atoms with Crippen molar-refractivity contribution in [2.75, 3.05) is 11.9 Å². The van der Waals surface area contributed by atoms with Crippen LogP contribution in [0.15, 0.2) is 67.1 Å². The highest BCUT2D eigenvalue weighted by Crippen LogP contribution is 2.45. The van der Waals surface area contributed by atoms with E-state index in [1.165, 1.54) is 0 Å². The van der Waals surface area contributed by atoms with Gasteiger partial charge >= 0.3 is 0 Å². The van der Waals surface area contributed by atoms with E-state index in [2.05, 4.69) is 58.0 Å². The Hall–Kier alpha value is -2.60. The number of nitrogens with two attached hydrogens (primary N) is 1. The lowest BCUT2D eigenvalue weighted by molar-refractivity contribution is 0.264. The highest BCUT2D eigenvalue weighted by Gasteiger charge is 2.46. The first-order valence-electron chi connectivity index (χ1n) is 11.2. The third-order valence-electron chi connectivity index (χ3n) is 6.71. The topological polar surface area (TPSA) is 70.8 Å². The molecule has 2 heterocycles. The number of likely N-dealkylation sites (N-methyl/N-ethyl adjacent to an activating group) is 1. The van der Waals surface area contributed by atoms with E-state index in [0.717, 1.165) is 40.8 Å². The van der Waals surface area contributed by atoms with E-state index >= 15 is 0 Å². The number of nitrogens with zero attached hydrogens (tertiary/aromatic N) is 3. The number of halogens is 2. The van der Waals surface area contributed by atoms with Gasteiger partial charge in [-0.2, -0.15) is 0 Å². The molecular weight excluding hydrogens is 453 g/mol. The van der Waals surface area contributed by atoms with Crippen molar-refractivity contribution < 1.29 is 0 Å². The Labute approximate surface area is 205 Å². The molecule has 0 saturated carbocycles. The Balaban J connectivity index is 1.92. The Morgan fingerprint density at radius 1 is 0.879 bits per heavy atom. The van der Waals surface area contributed by atoms with Gasteiger partial charge < -0.3 is 15.6 Å². The largest absolute Gasteiger partial charge is 0.346 e. The van der Waals surface area contributed by atoms with Crippen LogP contribution in [0.5, 0.6) is 0 Å². The van der Waals surface area contributed by atoms with Gasteiger partial charge in [0.2, 0.25) is 0 Å². The van der Waals surface area contributed by atoms with Crippen LogP contribution in [-0.4, -0.2) is 27.7 Å². The normalized spacial score (nSPS) is 15.2. The van der Waals surface area contributed by atoms with Gasteiger partial charge in [-0.15, -0.1) is 0 Å². The first-order valence-corrected chi connectivity index (χ1v) is 12.0. The Kier molecular flexibility index (Phi) is 6.94. The lowest BCUT2D eigenvalue weighted by Crippen LogP contribution is -2.62. The Morgan fingerprint density at radius 3 is 1.88 bits per heavy atom. The second kappa shape index (κ2) is 9.72. The number of anilines is 1. The van der Waals surface area contributed by atoms with E-state index in [9.17, 15) is 0 Å². The van der Waals surface area contributed by atoms with Gasteiger partial charge in [0.25, 0.3) is 0 Å². The molecule has 0 spiro atoms. The maximum Gasteiger partial charge on any atom is 0.142 e. The van der Waals surface area contributed by atoms with Gasteiger partial charge in [-0.25, -0.2) is 9.97 Å². The fourth-order valence-corrected chi connectivity index (χ4v) is 5.32. The minimum Gasteiger partial charge on any atom is -0.346 e. The van der Waals surface area contributed by atoms with Gasteiger partial charge in [0.05, 0.1) is 5.39 Å². The number of nitrogens with one attached hydrogen (secondary N) is 1. The summed E-state index contributed by atoms with van der Waals surface area (Å²) >= 11 is 12.4. The van der Waals surface area contributed by atoms with Crippen molar-refractivity contribution in [1.82, 2.24) is 15.0 Å². The van der Waals surface area contributed by atoms with Crippen molar-refractivity contribution in [2.45, 2.75) is 44.2 Å². The average molecular weight is 482 g/mol. The molecule has 7 heteroatoms. The standard InChI is InChI=1S/C26H29Cl2N5/c1-4-22(17-6-10-19(27)11-7-17)26(29,23(5-2)18-8-12-20(28)13-9-18)33(3)25-21-14-15-30-24(21)31-16-32-25/h6-16,22-23H,4-5,29H2,1-3H3,(H,30,31,32). The maximum atomic E-state index is 7.57. The summed E-state index contributed by atoms with van der Waals surface area (Å²) in [6.45, 7) is 4.35. The van der Waals surface area contributed by atoms with Gasteiger partial charge in [-0.05, 0) is 54.3 Å². The number of rotatable bonds is 8. The van der Waals surface area contributed by atoms with Crippen molar-refractivity contribution >= 4 is 40.1 Å². The van der Waals surface area contributed by atoms with Crippen LogP contribution < -0.4 is 10.6 Å². The monoisotopic (exact) mass is 481 g/mol. The van der Waals surface area contributed by atoms with Crippen LogP contribution in [0.3, 0.4) is 0 Å². The molecule has 0 aliphatic heterocycles. The molecule has 3 N–H and O–H groups in total. The number of benzene rings is 2. The Morgan fingerprint density at radius 2 is 1.39 bits per heavy atom. The molecule has 2 atom stereocenters. The van der Waals surface area contributed by atoms with E-state index in [1.54, 1.807) is 6.33 Å². The molecule has 0 amide bonds. The zero-order valence-electron chi connectivity index (χ0n) is 19.1. The smallest absolute Gasteiger partial charge is 0.142 e. The van der Waals surface area contributed by atoms with Gasteiger partial charge in [0, 0.05) is 35.1 Å². The molecule has 0 fully saturated rings. The molecule has 0 aliphatic carbocycles. The van der Waals surface area contributed by atoms with Crippen molar-refractivity contribution in [3.05, 3.63) is 88.3 Å². The summed E-state index contributed by atoms with van der Waals surface area (Å²) in [5, 5.41) is 2.35. The minimum atomic E-state index is -0.802. The van der Waals surface area contributed by atoms with E-state index < -0.39 is 5.66 Å². The van der Waals surface area contributed by atoms with Gasteiger partial charge in [-0.3, -0.25) is 0 Å². The number of aromatic amines is 1. The first kappa shape index (κ1) is 23.6. The predicted octanol–water partition coefficient (Wildman–Crippen LogP) is 6.74. The minimum absolute atomic E-state index is 0.00403. The molecule has 4 rings (SSSR count). The first-order chi connectivity index (χ1) is 15.9. The highest BCUT2D eigenvalue weighted by atomic mass is 35.5. The molecule has 172 valence electrons. The van der Waals surface area contributed by atoms with Crippen molar-refractivity contribution in [1.29, 1.82) is 0 Å². The van der Waals surface area contributed by atoms with Gasteiger partial charge in [0.15, 0.2) is 0 Å². The number of hydrogen-bond donors (Lipinski definition) is 2. The summed E-state index contributed by atoms with van der Waals surface area (Å²) in [6, 6.07) is 18.0. The van der Waals surface area contributed by atoms with Crippen LogP contribution in [0.4, 0.5) is 5.82 Å². The molecule has 0 radical (unpaired) electrons. The molecule has 33 heavy (non-hydrogen) atoms. The van der Waals surface area contributed by atoms with E-state index in [4.69, 9.17) is 28.9 Å². The summed E-state index contributed by atoms with van der Waals surface area (Å²) in [5.41, 5.74) is 9.84. The number of hydrogen-bond acceptors (Lipinski definition) is 4. The lowest BCUT2D eigenvalue weighted by Gasteiger charge is -2.50. The number of fused-ring (bicyclic) bond motifs is 1. The van der Waals surface area contributed by atoms with E-state index in [0.29, 0.717) is 10.0 Å². The predicted molar refractivity (Wildman–Crippen MR) is 138 cm³/mol. The second-order valence-electron chi connectivity index (χ2n) is 8.41. The fraction of sp³-hybridized carbons (Fsp3) is 0.308. The quantitative estimate of drug-likeness (QED) is 0.273. The zero-order chi connectivity index (χ0) is 23.6. The molecule has 4 aromatic rings. The van der Waals surface area contributed by atoms with Gasteiger partial charge in [-0.1, -0.05) is 61.3 Å². The molecule has 0 saturated heterocycles. The van der Waals surface area contributed by atoms with Crippen molar-refractivity contribution in [3.63, 3.8) is 0 Å². The van der Waals surface area contributed by atoms with E-state index in [-0.39, 0.29) is 11.8 Å². The van der Waals surface area contributed by atoms with Crippen LogP contribution in [0, 0.1) is 0 Å². The SMILES string of the molecule is CCC(c1ccc(Cl)cc1)C(N)(C(CC)c1ccc(Cl)cc1)N(C)c1ncnc2[nH]ccc12. The Bertz CT molecular complexity index is 1150. The number of H-pyrrole nitrogens is 1. The third kappa shape index (κ3) is 4.33. The van der Waals surface area contributed by atoms with Crippen LogP contribution in [-0.2, 0) is 0 Å². The average Bonchev–Trinajstić information content (AvgIpc) is 3.31. The van der Waals surface area contributed by atoms with Crippen molar-refractivity contribution in [3.8, 4) is 0 Å². The highest BCUT2D eigenvalue weighted by molar-refractivity contribution is 6.30. The summed E-state index contributed by atoms with van der Waals surface area (Å²) in [4.78, 5) is 14.4. The summed E-state index contributed by atoms with van der Waals surface area (Å²) in [5.74, 6) is 0.803. The molecule has 0 bridgehead atoms. The molecule has 2 unspecified atom stereocenters. The zero-order valence-corrected chi connectivity index (χ0v) is 20.6. The van der Waals surface area contributed by atoms with Gasteiger partial charge in [0.1, 0.15) is 23.5 Å². The van der Waals surface area contributed by atoms with E-state index in [1.807, 2.05) is 43.6 Å². The fourth-order valence-electron chi connectivity index (χ4n) is 5.07. The molecule has 5 nitrogen and oxygen atoms in total. The summed E-state index contributed by atoms with van der Waals surface area (Å²) < 4.78 is 0. The van der Waals surface area contributed by atoms with Crippen LogP contribution in [0.25, 0.3) is 11.0 Å². The molecule has 2 aromatic heterocycles. The van der Waals surface area contributed by atoms with Crippen LogP contribution >= 0.6 is 23.2 Å².